The van der Waals surface area contributed by atoms with E-state index in [1.807, 2.05) is 7.11 Å². The van der Waals surface area contributed by atoms with Crippen molar-refractivity contribution in [2.45, 2.75) is 44.7 Å². The Labute approximate surface area is 99.3 Å². The van der Waals surface area contributed by atoms with Crippen LogP contribution in [0.15, 0.2) is 0 Å². The van der Waals surface area contributed by atoms with Gasteiger partial charge in [0.1, 0.15) is 0 Å². The van der Waals surface area contributed by atoms with Crippen LogP contribution in [0.5, 0.6) is 0 Å². The first-order chi connectivity index (χ1) is 7.76. The number of piperidine rings is 1. The van der Waals surface area contributed by atoms with Gasteiger partial charge in [-0.1, -0.05) is 13.3 Å². The molecule has 0 aromatic rings. The van der Waals surface area contributed by atoms with E-state index in [-0.39, 0.29) is 0 Å². The minimum atomic E-state index is 0.420. The second-order valence-corrected chi connectivity index (χ2v) is 5.48. The Morgan fingerprint density at radius 2 is 2.12 bits per heavy atom. The van der Waals surface area contributed by atoms with Crippen molar-refractivity contribution in [3.8, 4) is 0 Å². The minimum Gasteiger partial charge on any atom is -0.383 e. The molecule has 3 atom stereocenters. The van der Waals surface area contributed by atoms with Gasteiger partial charge in [0, 0.05) is 32.3 Å². The molecule has 1 saturated heterocycles. The number of ether oxygens (including phenoxy) is 1. The second kappa shape index (κ2) is 5.48. The highest BCUT2D eigenvalue weighted by molar-refractivity contribution is 4.92. The summed E-state index contributed by atoms with van der Waals surface area (Å²) in [5, 5.41) is 0. The topological polar surface area (TPSA) is 38.5 Å². The lowest BCUT2D eigenvalue weighted by Crippen LogP contribution is -2.52. The molecule has 1 saturated carbocycles. The Bertz CT molecular complexity index is 218. The van der Waals surface area contributed by atoms with Gasteiger partial charge in [-0.3, -0.25) is 4.90 Å². The van der Waals surface area contributed by atoms with Crippen LogP contribution in [0, 0.1) is 11.8 Å². The molecule has 16 heavy (non-hydrogen) atoms. The van der Waals surface area contributed by atoms with Gasteiger partial charge in [-0.2, -0.15) is 0 Å². The number of hydrogen-bond acceptors (Lipinski definition) is 3. The van der Waals surface area contributed by atoms with Gasteiger partial charge in [-0.15, -0.1) is 0 Å². The maximum Gasteiger partial charge on any atom is 0.0620 e. The van der Waals surface area contributed by atoms with Crippen molar-refractivity contribution in [2.75, 3.05) is 26.8 Å². The van der Waals surface area contributed by atoms with Gasteiger partial charge in [0.25, 0.3) is 0 Å². The van der Waals surface area contributed by atoms with Crippen molar-refractivity contribution < 1.29 is 4.74 Å². The predicted octanol–water partition coefficient (Wildman–Crippen LogP) is 1.47. The summed E-state index contributed by atoms with van der Waals surface area (Å²) in [6, 6.07) is 1.08. The Morgan fingerprint density at radius 3 is 2.69 bits per heavy atom. The molecule has 2 N–H and O–H groups in total. The van der Waals surface area contributed by atoms with E-state index in [1.54, 1.807) is 0 Å². The molecule has 2 fully saturated rings. The lowest BCUT2D eigenvalue weighted by atomic mass is 9.89. The molecule has 3 unspecified atom stereocenters. The zero-order valence-corrected chi connectivity index (χ0v) is 10.7. The first-order valence-corrected chi connectivity index (χ1v) is 6.74. The number of methoxy groups -OCH3 is 1. The molecule has 94 valence electrons. The zero-order valence-electron chi connectivity index (χ0n) is 10.7. The van der Waals surface area contributed by atoms with Crippen molar-refractivity contribution >= 4 is 0 Å². The van der Waals surface area contributed by atoms with Crippen LogP contribution in [0.1, 0.15) is 32.6 Å². The van der Waals surface area contributed by atoms with E-state index in [2.05, 4.69) is 11.8 Å². The van der Waals surface area contributed by atoms with Gasteiger partial charge in [-0.05, 0) is 31.1 Å². The third-order valence-electron chi connectivity index (χ3n) is 4.32. The molecule has 1 aliphatic heterocycles. The molecule has 0 radical (unpaired) electrons. The average molecular weight is 226 g/mol. The maximum atomic E-state index is 6.16. The highest BCUT2D eigenvalue weighted by atomic mass is 16.5. The molecule has 0 amide bonds. The van der Waals surface area contributed by atoms with Crippen molar-refractivity contribution in [1.29, 1.82) is 0 Å². The van der Waals surface area contributed by atoms with E-state index in [9.17, 15) is 0 Å². The molecular formula is C13H26N2O. The summed E-state index contributed by atoms with van der Waals surface area (Å²) < 4.78 is 5.38. The normalized spacial score (nSPS) is 33.9. The van der Waals surface area contributed by atoms with Gasteiger partial charge in [0.2, 0.25) is 0 Å². The quantitative estimate of drug-likeness (QED) is 0.771. The average Bonchev–Trinajstić information content (AvgIpc) is 3.11. The first-order valence-electron chi connectivity index (χ1n) is 6.74. The number of rotatable bonds is 5. The van der Waals surface area contributed by atoms with E-state index in [0.29, 0.717) is 18.0 Å². The van der Waals surface area contributed by atoms with Gasteiger partial charge < -0.3 is 10.5 Å². The number of hydrogen-bond donors (Lipinski definition) is 1. The van der Waals surface area contributed by atoms with Crippen LogP contribution in [0.4, 0.5) is 0 Å². The fourth-order valence-corrected chi connectivity index (χ4v) is 3.00. The summed E-state index contributed by atoms with van der Waals surface area (Å²) in [4.78, 5) is 2.64. The fraction of sp³-hybridized carbons (Fsp3) is 1.00. The number of nitrogens with two attached hydrogens (primary N) is 1. The van der Waals surface area contributed by atoms with Crippen LogP contribution in [-0.2, 0) is 4.74 Å². The number of nitrogens with zero attached hydrogens (tertiary/aromatic N) is 1. The van der Waals surface area contributed by atoms with E-state index >= 15 is 0 Å². The number of likely N-dealkylation sites (tertiary alicyclic amines) is 1. The molecule has 1 heterocycles. The summed E-state index contributed by atoms with van der Waals surface area (Å²) in [7, 11) is 1.82. The smallest absolute Gasteiger partial charge is 0.0620 e. The van der Waals surface area contributed by atoms with E-state index in [0.717, 1.165) is 18.9 Å². The molecule has 0 aromatic heterocycles. The molecular weight excluding hydrogens is 200 g/mol. The molecule has 3 nitrogen and oxygen atoms in total. The third kappa shape index (κ3) is 2.76. The van der Waals surface area contributed by atoms with Gasteiger partial charge in [0.05, 0.1) is 6.61 Å². The molecule has 1 aliphatic carbocycles. The lowest BCUT2D eigenvalue weighted by molar-refractivity contribution is 0.0415. The zero-order chi connectivity index (χ0) is 11.5. The maximum absolute atomic E-state index is 6.16. The highest BCUT2D eigenvalue weighted by Gasteiger charge is 2.38. The Hall–Kier alpha value is -0.120. The Kier molecular flexibility index (Phi) is 4.22. The molecule has 2 aliphatic rings. The fourth-order valence-electron chi connectivity index (χ4n) is 3.00. The largest absolute Gasteiger partial charge is 0.383 e. The first kappa shape index (κ1) is 12.3. The summed E-state index contributed by atoms with van der Waals surface area (Å²) in [6.07, 6.45) is 5.16. The monoisotopic (exact) mass is 226 g/mol. The minimum absolute atomic E-state index is 0.420. The predicted molar refractivity (Wildman–Crippen MR) is 66.3 cm³/mol. The van der Waals surface area contributed by atoms with Crippen molar-refractivity contribution in [3.05, 3.63) is 0 Å². The SMILES string of the molecule is CCC1CN(C(COC)C2CC2)CCC1N. The highest BCUT2D eigenvalue weighted by Crippen LogP contribution is 2.37. The van der Waals surface area contributed by atoms with E-state index < -0.39 is 0 Å². The van der Waals surface area contributed by atoms with Crippen LogP contribution >= 0.6 is 0 Å². The third-order valence-corrected chi connectivity index (χ3v) is 4.32. The molecule has 3 heteroatoms. The van der Waals surface area contributed by atoms with Crippen molar-refractivity contribution in [3.63, 3.8) is 0 Å². The molecule has 2 rings (SSSR count). The Morgan fingerprint density at radius 1 is 1.38 bits per heavy atom. The lowest BCUT2D eigenvalue weighted by Gasteiger charge is -2.41. The second-order valence-electron chi connectivity index (χ2n) is 5.48. The molecule has 0 aromatic carbocycles. The van der Waals surface area contributed by atoms with Crippen LogP contribution in [0.2, 0.25) is 0 Å². The van der Waals surface area contributed by atoms with Crippen LogP contribution in [0.3, 0.4) is 0 Å². The molecule has 0 bridgehead atoms. The summed E-state index contributed by atoms with van der Waals surface area (Å²) in [6.45, 7) is 5.51. The summed E-state index contributed by atoms with van der Waals surface area (Å²) >= 11 is 0. The Balaban J connectivity index is 1.91. The standard InChI is InChI=1S/C13H26N2O/c1-3-10-8-15(7-6-12(10)14)13(9-16-2)11-4-5-11/h10-13H,3-9,14H2,1-2H3. The van der Waals surface area contributed by atoms with Crippen LogP contribution < -0.4 is 5.73 Å². The van der Waals surface area contributed by atoms with Crippen molar-refractivity contribution in [2.24, 2.45) is 17.6 Å². The molecule has 0 spiro atoms. The van der Waals surface area contributed by atoms with Gasteiger partial charge >= 0.3 is 0 Å². The van der Waals surface area contributed by atoms with Gasteiger partial charge in [0.15, 0.2) is 0 Å². The van der Waals surface area contributed by atoms with Crippen LogP contribution in [0.25, 0.3) is 0 Å². The summed E-state index contributed by atoms with van der Waals surface area (Å²) in [5.41, 5.74) is 6.16. The summed E-state index contributed by atoms with van der Waals surface area (Å²) in [5.74, 6) is 1.58. The van der Waals surface area contributed by atoms with E-state index in [1.165, 1.54) is 32.4 Å². The van der Waals surface area contributed by atoms with E-state index in [4.69, 9.17) is 10.5 Å². The van der Waals surface area contributed by atoms with Crippen molar-refractivity contribution in [1.82, 2.24) is 4.90 Å². The van der Waals surface area contributed by atoms with Gasteiger partial charge in [-0.25, -0.2) is 0 Å². The van der Waals surface area contributed by atoms with Crippen LogP contribution in [-0.4, -0.2) is 43.8 Å².